The number of carbonyl (C=O) groups excluding carboxylic acids is 2. The molecule has 1 saturated heterocycles. The molecule has 1 N–H and O–H groups in total. The van der Waals surface area contributed by atoms with Gasteiger partial charge in [0.15, 0.2) is 0 Å². The molecule has 4 rings (SSSR count). The van der Waals surface area contributed by atoms with Crippen LogP contribution in [0.2, 0.25) is 0 Å². The SMILES string of the molecule is CCN(CC)C(=O)c1cccc(NC(=O)CN2CCN(Cc3nc(-c4ccc(C)cc4)no3)CC2)c1. The maximum Gasteiger partial charge on any atom is 0.253 e. The molecule has 0 radical (unpaired) electrons. The molecule has 1 aliphatic heterocycles. The third kappa shape index (κ3) is 6.56. The number of benzene rings is 2. The molecule has 36 heavy (non-hydrogen) atoms. The number of hydrogen-bond donors (Lipinski definition) is 1. The van der Waals surface area contributed by atoms with E-state index in [1.54, 1.807) is 23.1 Å². The van der Waals surface area contributed by atoms with Crippen LogP contribution in [0.3, 0.4) is 0 Å². The number of amides is 2. The Labute approximate surface area is 212 Å². The first kappa shape index (κ1) is 25.5. The molecular formula is C27H34N6O3. The first-order chi connectivity index (χ1) is 17.4. The summed E-state index contributed by atoms with van der Waals surface area (Å²) in [4.78, 5) is 35.9. The van der Waals surface area contributed by atoms with Crippen molar-refractivity contribution < 1.29 is 14.1 Å². The van der Waals surface area contributed by atoms with Gasteiger partial charge in [-0.15, -0.1) is 0 Å². The highest BCUT2D eigenvalue weighted by Crippen LogP contribution is 2.18. The van der Waals surface area contributed by atoms with Crippen LogP contribution in [-0.4, -0.2) is 82.5 Å². The van der Waals surface area contributed by atoms with Gasteiger partial charge >= 0.3 is 0 Å². The molecule has 2 aromatic carbocycles. The van der Waals surface area contributed by atoms with Crippen molar-refractivity contribution in [3.05, 3.63) is 65.5 Å². The van der Waals surface area contributed by atoms with E-state index < -0.39 is 0 Å². The van der Waals surface area contributed by atoms with E-state index in [1.807, 2.05) is 51.1 Å². The highest BCUT2D eigenvalue weighted by molar-refractivity contribution is 5.97. The fraction of sp³-hybridized carbons (Fsp3) is 0.407. The molecule has 2 amide bonds. The van der Waals surface area contributed by atoms with Crippen LogP contribution in [0.5, 0.6) is 0 Å². The van der Waals surface area contributed by atoms with Gasteiger partial charge in [0.05, 0.1) is 13.1 Å². The zero-order valence-corrected chi connectivity index (χ0v) is 21.2. The van der Waals surface area contributed by atoms with Gasteiger partial charge in [-0.05, 0) is 39.0 Å². The number of carbonyl (C=O) groups is 2. The van der Waals surface area contributed by atoms with Gasteiger partial charge in [0.1, 0.15) is 0 Å². The number of hydrogen-bond acceptors (Lipinski definition) is 7. The minimum absolute atomic E-state index is 0.0283. The average Bonchev–Trinajstić information content (AvgIpc) is 3.35. The van der Waals surface area contributed by atoms with Gasteiger partial charge in [0.25, 0.3) is 5.91 Å². The lowest BCUT2D eigenvalue weighted by Crippen LogP contribution is -2.48. The Morgan fingerprint density at radius 2 is 1.69 bits per heavy atom. The van der Waals surface area contributed by atoms with Gasteiger partial charge in [0, 0.05) is 56.1 Å². The van der Waals surface area contributed by atoms with Crippen LogP contribution in [0, 0.1) is 6.92 Å². The van der Waals surface area contributed by atoms with Crippen LogP contribution >= 0.6 is 0 Å². The molecule has 1 fully saturated rings. The zero-order valence-electron chi connectivity index (χ0n) is 21.2. The zero-order chi connectivity index (χ0) is 25.5. The summed E-state index contributed by atoms with van der Waals surface area (Å²) in [7, 11) is 0. The number of piperazine rings is 1. The molecule has 0 spiro atoms. The topological polar surface area (TPSA) is 94.8 Å². The summed E-state index contributed by atoms with van der Waals surface area (Å²) in [6.07, 6.45) is 0. The monoisotopic (exact) mass is 490 g/mol. The van der Waals surface area contributed by atoms with E-state index in [-0.39, 0.29) is 11.8 Å². The minimum Gasteiger partial charge on any atom is -0.339 e. The van der Waals surface area contributed by atoms with Crippen molar-refractivity contribution in [3.8, 4) is 11.4 Å². The third-order valence-corrected chi connectivity index (χ3v) is 6.41. The molecule has 3 aromatic rings. The maximum atomic E-state index is 12.6. The normalized spacial score (nSPS) is 14.5. The lowest BCUT2D eigenvalue weighted by molar-refractivity contribution is -0.117. The molecule has 190 valence electrons. The molecular weight excluding hydrogens is 456 g/mol. The molecule has 2 heterocycles. The molecule has 0 bridgehead atoms. The fourth-order valence-corrected chi connectivity index (χ4v) is 4.26. The van der Waals surface area contributed by atoms with Gasteiger partial charge in [0.2, 0.25) is 17.6 Å². The highest BCUT2D eigenvalue weighted by Gasteiger charge is 2.21. The van der Waals surface area contributed by atoms with Gasteiger partial charge in [-0.3, -0.25) is 19.4 Å². The summed E-state index contributed by atoms with van der Waals surface area (Å²) < 4.78 is 5.46. The summed E-state index contributed by atoms with van der Waals surface area (Å²) in [6.45, 7) is 11.3. The second kappa shape index (κ2) is 11.9. The average molecular weight is 491 g/mol. The predicted octanol–water partition coefficient (Wildman–Crippen LogP) is 3.28. The van der Waals surface area contributed by atoms with Gasteiger partial charge in [-0.25, -0.2) is 0 Å². The van der Waals surface area contributed by atoms with E-state index >= 15 is 0 Å². The summed E-state index contributed by atoms with van der Waals surface area (Å²) in [5.41, 5.74) is 3.34. The van der Waals surface area contributed by atoms with E-state index in [0.29, 0.717) is 49.1 Å². The lowest BCUT2D eigenvalue weighted by atomic mass is 10.1. The Morgan fingerprint density at radius 3 is 2.39 bits per heavy atom. The van der Waals surface area contributed by atoms with Crippen LogP contribution in [0.15, 0.2) is 53.1 Å². The van der Waals surface area contributed by atoms with Crippen molar-refractivity contribution in [3.63, 3.8) is 0 Å². The van der Waals surface area contributed by atoms with E-state index in [4.69, 9.17) is 4.52 Å². The Bertz CT molecular complexity index is 1160. The van der Waals surface area contributed by atoms with Crippen molar-refractivity contribution in [2.24, 2.45) is 0 Å². The third-order valence-electron chi connectivity index (χ3n) is 6.41. The predicted molar refractivity (Wildman–Crippen MR) is 139 cm³/mol. The van der Waals surface area contributed by atoms with Crippen molar-refractivity contribution in [2.75, 3.05) is 51.1 Å². The van der Waals surface area contributed by atoms with Crippen molar-refractivity contribution in [1.82, 2.24) is 24.8 Å². The smallest absolute Gasteiger partial charge is 0.253 e. The first-order valence-electron chi connectivity index (χ1n) is 12.5. The molecule has 1 aromatic heterocycles. The second-order valence-corrected chi connectivity index (χ2v) is 9.04. The Balaban J connectivity index is 1.24. The van der Waals surface area contributed by atoms with E-state index in [1.165, 1.54) is 5.56 Å². The molecule has 0 saturated carbocycles. The van der Waals surface area contributed by atoms with Gasteiger partial charge in [-0.1, -0.05) is 41.1 Å². The second-order valence-electron chi connectivity index (χ2n) is 9.04. The lowest BCUT2D eigenvalue weighted by Gasteiger charge is -2.33. The highest BCUT2D eigenvalue weighted by atomic mass is 16.5. The number of nitrogens with zero attached hydrogens (tertiary/aromatic N) is 5. The largest absolute Gasteiger partial charge is 0.339 e. The van der Waals surface area contributed by atoms with Crippen LogP contribution in [0.1, 0.15) is 35.7 Å². The van der Waals surface area contributed by atoms with Crippen molar-refractivity contribution in [1.29, 1.82) is 0 Å². The Morgan fingerprint density at radius 1 is 1.00 bits per heavy atom. The molecule has 9 heteroatoms. The summed E-state index contributed by atoms with van der Waals surface area (Å²) >= 11 is 0. The maximum absolute atomic E-state index is 12.6. The number of rotatable bonds is 9. The Kier molecular flexibility index (Phi) is 8.45. The van der Waals surface area contributed by atoms with Crippen LogP contribution < -0.4 is 5.32 Å². The van der Waals surface area contributed by atoms with E-state index in [0.717, 1.165) is 31.7 Å². The van der Waals surface area contributed by atoms with Gasteiger partial charge in [-0.2, -0.15) is 4.98 Å². The number of nitrogens with one attached hydrogen (secondary N) is 1. The van der Waals surface area contributed by atoms with Crippen molar-refractivity contribution in [2.45, 2.75) is 27.3 Å². The van der Waals surface area contributed by atoms with Crippen LogP contribution in [0.25, 0.3) is 11.4 Å². The summed E-state index contributed by atoms with van der Waals surface area (Å²) in [5, 5.41) is 7.05. The van der Waals surface area contributed by atoms with Gasteiger partial charge < -0.3 is 14.7 Å². The number of anilines is 1. The van der Waals surface area contributed by atoms with E-state index in [9.17, 15) is 9.59 Å². The minimum atomic E-state index is -0.0875. The number of aryl methyl sites for hydroxylation is 1. The molecule has 0 atom stereocenters. The number of aromatic nitrogens is 2. The molecule has 9 nitrogen and oxygen atoms in total. The van der Waals surface area contributed by atoms with Crippen molar-refractivity contribution >= 4 is 17.5 Å². The molecule has 0 aliphatic carbocycles. The molecule has 1 aliphatic rings. The Hall–Kier alpha value is -3.56. The standard InChI is InChI=1S/C27H34N6O3/c1-4-33(5-2)27(35)22-7-6-8-23(17-22)28-24(34)18-31-13-15-32(16-14-31)19-25-29-26(30-36-25)21-11-9-20(3)10-12-21/h6-12,17H,4-5,13-16,18-19H2,1-3H3,(H,28,34). The van der Waals surface area contributed by atoms with E-state index in [2.05, 4.69) is 25.3 Å². The molecule has 0 unspecified atom stereocenters. The summed E-state index contributed by atoms with van der Waals surface area (Å²) in [6, 6.07) is 15.2. The first-order valence-corrected chi connectivity index (χ1v) is 12.5. The quantitative estimate of drug-likeness (QED) is 0.492. The van der Waals surface area contributed by atoms with Crippen LogP contribution in [-0.2, 0) is 11.3 Å². The fourth-order valence-electron chi connectivity index (χ4n) is 4.26. The summed E-state index contributed by atoms with van der Waals surface area (Å²) in [5.74, 6) is 1.08. The van der Waals surface area contributed by atoms with Crippen LogP contribution in [0.4, 0.5) is 5.69 Å².